The van der Waals surface area contributed by atoms with Gasteiger partial charge in [-0.2, -0.15) is 0 Å². The predicted molar refractivity (Wildman–Crippen MR) is 85.5 cm³/mol. The van der Waals surface area contributed by atoms with Gasteiger partial charge in [-0.3, -0.25) is 4.79 Å². The summed E-state index contributed by atoms with van der Waals surface area (Å²) in [5, 5.41) is 3.41. The Morgan fingerprint density at radius 1 is 1.38 bits per heavy atom. The number of nitrogens with zero attached hydrogens (tertiary/aromatic N) is 2. The molecule has 1 aromatic rings. The average Bonchev–Trinajstić information content (AvgIpc) is 2.91. The highest BCUT2D eigenvalue weighted by atomic mass is 16.2. The van der Waals surface area contributed by atoms with Gasteiger partial charge in [0, 0.05) is 25.3 Å². The van der Waals surface area contributed by atoms with Gasteiger partial charge in [-0.1, -0.05) is 18.2 Å². The lowest BCUT2D eigenvalue weighted by Crippen LogP contribution is -2.47. The van der Waals surface area contributed by atoms with Gasteiger partial charge in [0.2, 0.25) is 5.91 Å². The van der Waals surface area contributed by atoms with Crippen LogP contribution in [0.5, 0.6) is 0 Å². The van der Waals surface area contributed by atoms with Crippen LogP contribution in [0.15, 0.2) is 24.3 Å². The van der Waals surface area contributed by atoms with E-state index in [1.807, 2.05) is 18.0 Å². The van der Waals surface area contributed by atoms with E-state index in [2.05, 4.69) is 35.5 Å². The van der Waals surface area contributed by atoms with Crippen molar-refractivity contribution in [3.8, 4) is 0 Å². The minimum Gasteiger partial charge on any atom is -0.373 e. The van der Waals surface area contributed by atoms with Gasteiger partial charge in [0.25, 0.3) is 0 Å². The molecule has 3 rings (SSSR count). The molecule has 1 N–H and O–H groups in total. The lowest BCUT2D eigenvalue weighted by molar-refractivity contribution is -0.131. The molecule has 2 heterocycles. The van der Waals surface area contributed by atoms with E-state index in [1.54, 1.807) is 0 Å². The van der Waals surface area contributed by atoms with Crippen LogP contribution >= 0.6 is 0 Å². The number of nitrogens with one attached hydrogen (secondary N) is 1. The van der Waals surface area contributed by atoms with Crippen molar-refractivity contribution in [3.63, 3.8) is 0 Å². The van der Waals surface area contributed by atoms with Crippen LogP contribution in [0.1, 0.15) is 24.8 Å². The fourth-order valence-corrected chi connectivity index (χ4v) is 3.51. The first-order valence-electron chi connectivity index (χ1n) is 7.95. The van der Waals surface area contributed by atoms with Gasteiger partial charge in [-0.05, 0) is 50.9 Å². The highest BCUT2D eigenvalue weighted by molar-refractivity contribution is 5.85. The first-order chi connectivity index (χ1) is 10.1. The monoisotopic (exact) mass is 287 g/mol. The fourth-order valence-electron chi connectivity index (χ4n) is 3.51. The van der Waals surface area contributed by atoms with Gasteiger partial charge in [-0.15, -0.1) is 0 Å². The van der Waals surface area contributed by atoms with Gasteiger partial charge in [0.1, 0.15) is 6.04 Å². The third-order valence-electron chi connectivity index (χ3n) is 4.88. The molecule has 0 aliphatic carbocycles. The van der Waals surface area contributed by atoms with Crippen molar-refractivity contribution in [2.24, 2.45) is 0 Å². The molecule has 1 fully saturated rings. The van der Waals surface area contributed by atoms with Crippen LogP contribution in [0.2, 0.25) is 0 Å². The molecule has 0 bridgehead atoms. The number of hydrogen-bond donors (Lipinski definition) is 1. The van der Waals surface area contributed by atoms with E-state index in [0.717, 1.165) is 31.6 Å². The Bertz CT molecular complexity index is 517. The summed E-state index contributed by atoms with van der Waals surface area (Å²) in [7, 11) is 4.10. The first kappa shape index (κ1) is 14.4. The second-order valence-corrected chi connectivity index (χ2v) is 6.39. The van der Waals surface area contributed by atoms with Gasteiger partial charge in [0.05, 0.1) is 0 Å². The summed E-state index contributed by atoms with van der Waals surface area (Å²) < 4.78 is 0. The van der Waals surface area contributed by atoms with Crippen molar-refractivity contribution in [2.75, 3.05) is 32.5 Å². The molecule has 4 heteroatoms. The van der Waals surface area contributed by atoms with Crippen LogP contribution in [0.25, 0.3) is 0 Å². The van der Waals surface area contributed by atoms with E-state index in [9.17, 15) is 4.79 Å². The van der Waals surface area contributed by atoms with Crippen molar-refractivity contribution in [3.05, 3.63) is 29.8 Å². The van der Waals surface area contributed by atoms with E-state index in [-0.39, 0.29) is 11.9 Å². The summed E-state index contributed by atoms with van der Waals surface area (Å²) in [6, 6.07) is 8.74. The number of rotatable bonds is 3. The van der Waals surface area contributed by atoms with Crippen LogP contribution in [-0.4, -0.2) is 55.0 Å². The van der Waals surface area contributed by atoms with E-state index in [0.29, 0.717) is 6.04 Å². The molecule has 2 unspecified atom stereocenters. The summed E-state index contributed by atoms with van der Waals surface area (Å²) in [4.78, 5) is 16.9. The maximum absolute atomic E-state index is 12.6. The van der Waals surface area contributed by atoms with Gasteiger partial charge in [-0.25, -0.2) is 0 Å². The SMILES string of the molecule is CN(CC1CCCN1C)C(=O)C1CCc2ccccc2N1. The number of anilines is 1. The van der Waals surface area contributed by atoms with E-state index in [4.69, 9.17) is 0 Å². The van der Waals surface area contributed by atoms with Crippen LogP contribution in [0, 0.1) is 0 Å². The molecule has 0 aromatic heterocycles. The molecule has 0 spiro atoms. The van der Waals surface area contributed by atoms with E-state index in [1.165, 1.54) is 18.4 Å². The Kier molecular flexibility index (Phi) is 4.15. The highest BCUT2D eigenvalue weighted by Gasteiger charge is 2.29. The number of carbonyl (C=O) groups is 1. The fraction of sp³-hybridized carbons (Fsp3) is 0.588. The lowest BCUT2D eigenvalue weighted by atomic mass is 9.97. The maximum Gasteiger partial charge on any atom is 0.244 e. The maximum atomic E-state index is 12.6. The summed E-state index contributed by atoms with van der Waals surface area (Å²) in [6.07, 6.45) is 4.32. The largest absolute Gasteiger partial charge is 0.373 e. The minimum atomic E-state index is -0.0726. The minimum absolute atomic E-state index is 0.0726. The number of aryl methyl sites for hydroxylation is 1. The summed E-state index contributed by atoms with van der Waals surface area (Å²) in [5.41, 5.74) is 2.44. The zero-order valence-corrected chi connectivity index (χ0v) is 13.0. The Labute approximate surface area is 127 Å². The molecule has 2 atom stereocenters. The molecule has 4 nitrogen and oxygen atoms in total. The van der Waals surface area contributed by atoms with Crippen LogP contribution < -0.4 is 5.32 Å². The summed E-state index contributed by atoms with van der Waals surface area (Å²) in [6.45, 7) is 2.00. The van der Waals surface area contributed by atoms with E-state index < -0.39 is 0 Å². The number of fused-ring (bicyclic) bond motifs is 1. The molecule has 114 valence electrons. The van der Waals surface area contributed by atoms with Gasteiger partial charge < -0.3 is 15.1 Å². The second kappa shape index (κ2) is 6.06. The zero-order chi connectivity index (χ0) is 14.8. The number of likely N-dealkylation sites (tertiary alicyclic amines) is 1. The molecule has 21 heavy (non-hydrogen) atoms. The molecule has 1 amide bonds. The van der Waals surface area contributed by atoms with Gasteiger partial charge >= 0.3 is 0 Å². The second-order valence-electron chi connectivity index (χ2n) is 6.39. The smallest absolute Gasteiger partial charge is 0.244 e. The molecule has 2 aliphatic rings. The number of benzene rings is 1. The van der Waals surface area contributed by atoms with Crippen LogP contribution in [0.3, 0.4) is 0 Å². The highest BCUT2D eigenvalue weighted by Crippen LogP contribution is 2.25. The summed E-state index contributed by atoms with van der Waals surface area (Å²) in [5.74, 6) is 0.227. The van der Waals surface area contributed by atoms with Crippen molar-refractivity contribution in [2.45, 2.75) is 37.8 Å². The molecule has 0 radical (unpaired) electrons. The van der Waals surface area contributed by atoms with E-state index >= 15 is 0 Å². The molecular weight excluding hydrogens is 262 g/mol. The van der Waals surface area contributed by atoms with Gasteiger partial charge in [0.15, 0.2) is 0 Å². The summed E-state index contributed by atoms with van der Waals surface area (Å²) >= 11 is 0. The molecule has 2 aliphatic heterocycles. The van der Waals surface area contributed by atoms with Crippen molar-refractivity contribution in [1.82, 2.24) is 9.80 Å². The zero-order valence-electron chi connectivity index (χ0n) is 13.0. The number of para-hydroxylation sites is 1. The van der Waals surface area contributed by atoms with Crippen molar-refractivity contribution >= 4 is 11.6 Å². The number of carbonyl (C=O) groups excluding carboxylic acids is 1. The number of likely N-dealkylation sites (N-methyl/N-ethyl adjacent to an activating group) is 2. The lowest BCUT2D eigenvalue weighted by Gasteiger charge is -2.32. The quantitative estimate of drug-likeness (QED) is 0.923. The average molecular weight is 287 g/mol. The molecule has 1 saturated heterocycles. The molecular formula is C17H25N3O. The van der Waals surface area contributed by atoms with Crippen molar-refractivity contribution in [1.29, 1.82) is 0 Å². The normalized spacial score (nSPS) is 25.2. The Morgan fingerprint density at radius 3 is 2.95 bits per heavy atom. The topological polar surface area (TPSA) is 35.6 Å². The molecule has 0 saturated carbocycles. The third-order valence-corrected chi connectivity index (χ3v) is 4.88. The number of amides is 1. The first-order valence-corrected chi connectivity index (χ1v) is 7.95. The Morgan fingerprint density at radius 2 is 2.19 bits per heavy atom. The van der Waals surface area contributed by atoms with Crippen LogP contribution in [0.4, 0.5) is 5.69 Å². The standard InChI is InChI=1S/C17H25N3O/c1-19-11-5-7-14(19)12-20(2)17(21)16-10-9-13-6-3-4-8-15(13)18-16/h3-4,6,8,14,16,18H,5,7,9-12H2,1-2H3. The number of hydrogen-bond acceptors (Lipinski definition) is 3. The predicted octanol–water partition coefficient (Wildman–Crippen LogP) is 1.97. The van der Waals surface area contributed by atoms with Crippen LogP contribution in [-0.2, 0) is 11.2 Å². The Balaban J connectivity index is 1.60. The van der Waals surface area contributed by atoms with Crippen molar-refractivity contribution < 1.29 is 4.79 Å². The molecule has 1 aromatic carbocycles. The Hall–Kier alpha value is -1.55. The third kappa shape index (κ3) is 3.05.